The highest BCUT2D eigenvalue weighted by Crippen LogP contribution is 2.20. The number of hydrogen-bond acceptors (Lipinski definition) is 3. The molecule has 4 N–H and O–H groups in total. The van der Waals surface area contributed by atoms with Crippen LogP contribution in [-0.4, -0.2) is 23.9 Å². The summed E-state index contributed by atoms with van der Waals surface area (Å²) in [5.41, 5.74) is 11.9. The van der Waals surface area contributed by atoms with E-state index < -0.39 is 0 Å². The third kappa shape index (κ3) is 2.98. The monoisotopic (exact) mass is 251 g/mol. The van der Waals surface area contributed by atoms with Gasteiger partial charge >= 0.3 is 0 Å². The van der Waals surface area contributed by atoms with Crippen molar-refractivity contribution in [3.63, 3.8) is 0 Å². The molecule has 1 aliphatic heterocycles. The summed E-state index contributed by atoms with van der Waals surface area (Å²) in [5, 5.41) is 0. The lowest BCUT2D eigenvalue weighted by Gasteiger charge is -2.30. The fourth-order valence-corrected chi connectivity index (χ4v) is 2.31. The quantitative estimate of drug-likeness (QED) is 0.790. The number of nitrogen functional groups attached to an aromatic ring is 1. The molecule has 0 spiro atoms. The average molecular weight is 251 g/mol. The molecule has 0 saturated carbocycles. The van der Waals surface area contributed by atoms with E-state index >= 15 is 0 Å². The van der Waals surface area contributed by atoms with Gasteiger partial charge < -0.3 is 11.5 Å². The Morgan fingerprint density at radius 2 is 2.06 bits per heavy atom. The average Bonchev–Trinajstić information content (AvgIpc) is 2.33. The summed E-state index contributed by atoms with van der Waals surface area (Å²) in [5.74, 6) is -0.530. The van der Waals surface area contributed by atoms with Crippen molar-refractivity contribution in [1.29, 1.82) is 0 Å². The Kier molecular flexibility index (Phi) is 3.81. The minimum absolute atomic E-state index is 0.0301. The molecule has 1 aliphatic rings. The van der Waals surface area contributed by atoms with Crippen LogP contribution in [-0.2, 0) is 11.3 Å². The standard InChI is InChI=1S/C13H18FN3O/c14-12-7-11(15)2-1-10(12)8-17-5-3-9(4-6-17)13(16)18/h1-2,7,9H,3-6,8,15H2,(H2,16,18). The number of hydrogen-bond donors (Lipinski definition) is 2. The van der Waals surface area contributed by atoms with Crippen molar-refractivity contribution in [3.05, 3.63) is 29.6 Å². The van der Waals surface area contributed by atoms with E-state index in [1.807, 2.05) is 0 Å². The topological polar surface area (TPSA) is 72.4 Å². The van der Waals surface area contributed by atoms with E-state index in [2.05, 4.69) is 4.90 Å². The lowest BCUT2D eigenvalue weighted by molar-refractivity contribution is -0.123. The van der Waals surface area contributed by atoms with E-state index in [1.54, 1.807) is 12.1 Å². The fraction of sp³-hybridized carbons (Fsp3) is 0.462. The van der Waals surface area contributed by atoms with E-state index in [4.69, 9.17) is 11.5 Å². The Morgan fingerprint density at radius 1 is 1.39 bits per heavy atom. The molecule has 1 amide bonds. The zero-order chi connectivity index (χ0) is 13.1. The van der Waals surface area contributed by atoms with E-state index in [9.17, 15) is 9.18 Å². The van der Waals surface area contributed by atoms with E-state index in [-0.39, 0.29) is 17.6 Å². The maximum atomic E-state index is 13.6. The SMILES string of the molecule is NC(=O)C1CCN(Cc2ccc(N)cc2F)CC1. The molecule has 0 aromatic heterocycles. The maximum absolute atomic E-state index is 13.6. The highest BCUT2D eigenvalue weighted by atomic mass is 19.1. The van der Waals surface area contributed by atoms with Crippen molar-refractivity contribution in [1.82, 2.24) is 4.90 Å². The molecule has 0 aliphatic carbocycles. The molecule has 1 aromatic carbocycles. The van der Waals surface area contributed by atoms with Crippen LogP contribution in [0.4, 0.5) is 10.1 Å². The first kappa shape index (κ1) is 12.8. The highest BCUT2D eigenvalue weighted by Gasteiger charge is 2.23. The predicted octanol–water partition coefficient (Wildman–Crippen LogP) is 1.11. The number of rotatable bonds is 3. The molecular weight excluding hydrogens is 233 g/mol. The van der Waals surface area contributed by atoms with Crippen LogP contribution in [0.5, 0.6) is 0 Å². The summed E-state index contributed by atoms with van der Waals surface area (Å²) in [6, 6.07) is 4.75. The van der Waals surface area contributed by atoms with Crippen LogP contribution in [0.15, 0.2) is 18.2 Å². The number of halogens is 1. The summed E-state index contributed by atoms with van der Waals surface area (Å²) in [4.78, 5) is 13.2. The molecule has 1 aromatic rings. The normalized spacial score (nSPS) is 17.8. The number of carbonyl (C=O) groups is 1. The van der Waals surface area contributed by atoms with Gasteiger partial charge in [-0.25, -0.2) is 4.39 Å². The first-order valence-corrected chi connectivity index (χ1v) is 6.12. The number of carbonyl (C=O) groups excluding carboxylic acids is 1. The van der Waals surface area contributed by atoms with Gasteiger partial charge in [0.05, 0.1) is 0 Å². The van der Waals surface area contributed by atoms with E-state index in [1.165, 1.54) is 6.07 Å². The van der Waals surface area contributed by atoms with Crippen molar-refractivity contribution in [2.75, 3.05) is 18.8 Å². The van der Waals surface area contributed by atoms with Crippen molar-refractivity contribution in [2.45, 2.75) is 19.4 Å². The summed E-state index contributed by atoms with van der Waals surface area (Å²) >= 11 is 0. The minimum Gasteiger partial charge on any atom is -0.399 e. The fourth-order valence-electron chi connectivity index (χ4n) is 2.31. The van der Waals surface area contributed by atoms with Gasteiger partial charge in [-0.1, -0.05) is 6.07 Å². The first-order valence-electron chi connectivity index (χ1n) is 6.12. The number of nitrogens with two attached hydrogens (primary N) is 2. The van der Waals surface area contributed by atoms with Gasteiger partial charge in [0.15, 0.2) is 0 Å². The van der Waals surface area contributed by atoms with Gasteiger partial charge in [-0.2, -0.15) is 0 Å². The van der Waals surface area contributed by atoms with Gasteiger partial charge in [0.1, 0.15) is 5.82 Å². The van der Waals surface area contributed by atoms with Crippen LogP contribution in [0.2, 0.25) is 0 Å². The minimum atomic E-state index is -0.271. The maximum Gasteiger partial charge on any atom is 0.220 e. The second kappa shape index (κ2) is 5.35. The van der Waals surface area contributed by atoms with Crippen LogP contribution >= 0.6 is 0 Å². The number of likely N-dealkylation sites (tertiary alicyclic amines) is 1. The largest absolute Gasteiger partial charge is 0.399 e. The van der Waals surface area contributed by atoms with Crippen molar-refractivity contribution in [2.24, 2.45) is 11.7 Å². The number of piperidine rings is 1. The Morgan fingerprint density at radius 3 is 2.61 bits per heavy atom. The number of primary amides is 1. The van der Waals surface area contributed by atoms with Crippen LogP contribution in [0.1, 0.15) is 18.4 Å². The van der Waals surface area contributed by atoms with Crippen molar-refractivity contribution < 1.29 is 9.18 Å². The van der Waals surface area contributed by atoms with Gasteiger partial charge in [-0.15, -0.1) is 0 Å². The number of benzene rings is 1. The zero-order valence-electron chi connectivity index (χ0n) is 10.2. The molecule has 0 atom stereocenters. The highest BCUT2D eigenvalue weighted by molar-refractivity contribution is 5.76. The lowest BCUT2D eigenvalue weighted by atomic mass is 9.96. The zero-order valence-corrected chi connectivity index (χ0v) is 10.2. The molecule has 0 unspecified atom stereocenters. The lowest BCUT2D eigenvalue weighted by Crippen LogP contribution is -2.38. The Labute approximate surface area is 106 Å². The van der Waals surface area contributed by atoms with Crippen LogP contribution in [0.3, 0.4) is 0 Å². The van der Waals surface area contributed by atoms with Gasteiger partial charge in [-0.05, 0) is 38.1 Å². The predicted molar refractivity (Wildman–Crippen MR) is 68.0 cm³/mol. The molecule has 0 bridgehead atoms. The van der Waals surface area contributed by atoms with Gasteiger partial charge in [-0.3, -0.25) is 9.69 Å². The Balaban J connectivity index is 1.93. The molecule has 98 valence electrons. The second-order valence-electron chi connectivity index (χ2n) is 4.80. The molecule has 1 saturated heterocycles. The number of anilines is 1. The molecule has 18 heavy (non-hydrogen) atoms. The van der Waals surface area contributed by atoms with Gasteiger partial charge in [0, 0.05) is 23.7 Å². The molecule has 2 rings (SSSR count). The van der Waals surface area contributed by atoms with E-state index in [0.29, 0.717) is 17.8 Å². The Bertz CT molecular complexity index is 442. The second-order valence-corrected chi connectivity index (χ2v) is 4.80. The molecule has 0 radical (unpaired) electrons. The van der Waals surface area contributed by atoms with Gasteiger partial charge in [0.2, 0.25) is 5.91 Å². The summed E-state index contributed by atoms with van der Waals surface area (Å²) in [6.45, 7) is 2.10. The molecule has 1 heterocycles. The summed E-state index contributed by atoms with van der Waals surface area (Å²) in [7, 11) is 0. The van der Waals surface area contributed by atoms with Crippen LogP contribution in [0, 0.1) is 11.7 Å². The molecule has 5 heteroatoms. The van der Waals surface area contributed by atoms with Crippen molar-refractivity contribution in [3.8, 4) is 0 Å². The third-order valence-electron chi connectivity index (χ3n) is 3.46. The molecule has 4 nitrogen and oxygen atoms in total. The number of nitrogens with zero attached hydrogens (tertiary/aromatic N) is 1. The number of amides is 1. The van der Waals surface area contributed by atoms with Crippen LogP contribution in [0.25, 0.3) is 0 Å². The van der Waals surface area contributed by atoms with E-state index in [0.717, 1.165) is 25.9 Å². The summed E-state index contributed by atoms with van der Waals surface area (Å²) < 4.78 is 13.6. The smallest absolute Gasteiger partial charge is 0.220 e. The molecule has 1 fully saturated rings. The molecular formula is C13H18FN3O. The third-order valence-corrected chi connectivity index (χ3v) is 3.46. The van der Waals surface area contributed by atoms with Gasteiger partial charge in [0.25, 0.3) is 0 Å². The van der Waals surface area contributed by atoms with Crippen molar-refractivity contribution >= 4 is 11.6 Å². The Hall–Kier alpha value is -1.62. The summed E-state index contributed by atoms with van der Waals surface area (Å²) in [6.07, 6.45) is 1.51. The van der Waals surface area contributed by atoms with Crippen LogP contribution < -0.4 is 11.5 Å². The first-order chi connectivity index (χ1) is 8.56.